The minimum Gasteiger partial charge on any atom is -0.394 e. The Hall–Kier alpha value is -0.160. The predicted octanol–water partition coefficient (Wildman–Crippen LogP) is 0.0952. The van der Waals surface area contributed by atoms with Crippen LogP contribution in [0, 0.1) is 0 Å². The SMILES string of the molecule is C.CC1(C)OCC(N)(CO)CO1. The third-order valence-corrected chi connectivity index (χ3v) is 1.73. The fourth-order valence-electron chi connectivity index (χ4n) is 0.810. The molecule has 12 heavy (non-hydrogen) atoms. The lowest BCUT2D eigenvalue weighted by atomic mass is 10.0. The van der Waals surface area contributed by atoms with E-state index in [1.807, 2.05) is 13.8 Å². The molecular formula is C8H19NO3. The molecule has 0 radical (unpaired) electrons. The van der Waals surface area contributed by atoms with Gasteiger partial charge in [0.1, 0.15) is 0 Å². The summed E-state index contributed by atoms with van der Waals surface area (Å²) in [6.45, 7) is 4.23. The maximum atomic E-state index is 8.84. The van der Waals surface area contributed by atoms with Crippen LogP contribution in [-0.2, 0) is 9.47 Å². The van der Waals surface area contributed by atoms with E-state index < -0.39 is 11.3 Å². The van der Waals surface area contributed by atoms with Crippen LogP contribution in [0.4, 0.5) is 0 Å². The van der Waals surface area contributed by atoms with Gasteiger partial charge in [0, 0.05) is 0 Å². The highest BCUT2D eigenvalue weighted by atomic mass is 16.7. The summed E-state index contributed by atoms with van der Waals surface area (Å²) in [4.78, 5) is 0. The van der Waals surface area contributed by atoms with E-state index in [9.17, 15) is 0 Å². The third-order valence-electron chi connectivity index (χ3n) is 1.73. The van der Waals surface area contributed by atoms with Crippen molar-refractivity contribution in [3.8, 4) is 0 Å². The Labute approximate surface area is 73.7 Å². The fourth-order valence-corrected chi connectivity index (χ4v) is 0.810. The maximum absolute atomic E-state index is 8.84. The minimum absolute atomic E-state index is 0. The molecule has 0 aromatic rings. The molecule has 1 aliphatic rings. The number of hydrogen-bond acceptors (Lipinski definition) is 4. The maximum Gasteiger partial charge on any atom is 0.162 e. The number of rotatable bonds is 1. The summed E-state index contributed by atoms with van der Waals surface area (Å²) in [5.41, 5.74) is 4.97. The first kappa shape index (κ1) is 11.8. The molecule has 1 heterocycles. The molecule has 0 spiro atoms. The molecular weight excluding hydrogens is 158 g/mol. The van der Waals surface area contributed by atoms with Gasteiger partial charge >= 0.3 is 0 Å². The lowest BCUT2D eigenvalue weighted by Gasteiger charge is -2.40. The van der Waals surface area contributed by atoms with Crippen molar-refractivity contribution >= 4 is 0 Å². The molecule has 3 N–H and O–H groups in total. The summed E-state index contributed by atoms with van der Waals surface area (Å²) in [6.07, 6.45) is 0. The lowest BCUT2D eigenvalue weighted by Crippen LogP contribution is -2.59. The van der Waals surface area contributed by atoms with Crippen molar-refractivity contribution < 1.29 is 14.6 Å². The zero-order valence-electron chi connectivity index (χ0n) is 6.96. The largest absolute Gasteiger partial charge is 0.394 e. The van der Waals surface area contributed by atoms with Gasteiger partial charge in [-0.05, 0) is 13.8 Å². The van der Waals surface area contributed by atoms with E-state index in [4.69, 9.17) is 20.3 Å². The Bertz CT molecular complexity index is 137. The second-order valence-electron chi connectivity index (χ2n) is 3.50. The molecule has 0 bridgehead atoms. The van der Waals surface area contributed by atoms with Gasteiger partial charge in [0.15, 0.2) is 5.79 Å². The van der Waals surface area contributed by atoms with E-state index in [-0.39, 0.29) is 14.0 Å². The van der Waals surface area contributed by atoms with Gasteiger partial charge in [-0.25, -0.2) is 0 Å². The summed E-state index contributed by atoms with van der Waals surface area (Å²) in [5, 5.41) is 8.84. The smallest absolute Gasteiger partial charge is 0.162 e. The Morgan fingerprint density at radius 3 is 2.08 bits per heavy atom. The first-order chi connectivity index (χ1) is 4.97. The molecule has 1 saturated heterocycles. The number of aliphatic hydroxyl groups excluding tert-OH is 1. The Kier molecular flexibility index (Phi) is 3.65. The Morgan fingerprint density at radius 1 is 1.33 bits per heavy atom. The number of ether oxygens (including phenoxy) is 2. The molecule has 0 saturated carbocycles. The lowest BCUT2D eigenvalue weighted by molar-refractivity contribution is -0.270. The molecule has 1 aliphatic heterocycles. The second kappa shape index (κ2) is 3.70. The first-order valence-electron chi connectivity index (χ1n) is 3.65. The van der Waals surface area contributed by atoms with Crippen molar-refractivity contribution in [3.63, 3.8) is 0 Å². The van der Waals surface area contributed by atoms with Crippen molar-refractivity contribution in [1.29, 1.82) is 0 Å². The van der Waals surface area contributed by atoms with Gasteiger partial charge in [0.25, 0.3) is 0 Å². The van der Waals surface area contributed by atoms with Crippen LogP contribution in [0.15, 0.2) is 0 Å². The van der Waals surface area contributed by atoms with Crippen molar-refractivity contribution in [2.24, 2.45) is 5.73 Å². The third kappa shape index (κ3) is 2.71. The molecule has 0 aliphatic carbocycles. The summed E-state index contributed by atoms with van der Waals surface area (Å²) >= 11 is 0. The summed E-state index contributed by atoms with van der Waals surface area (Å²) < 4.78 is 10.5. The molecule has 0 atom stereocenters. The van der Waals surface area contributed by atoms with Crippen LogP contribution < -0.4 is 5.73 Å². The zero-order valence-corrected chi connectivity index (χ0v) is 6.96. The Morgan fingerprint density at radius 2 is 1.75 bits per heavy atom. The van der Waals surface area contributed by atoms with E-state index in [2.05, 4.69) is 0 Å². The topological polar surface area (TPSA) is 64.7 Å². The normalized spacial score (nSPS) is 26.0. The van der Waals surface area contributed by atoms with Crippen molar-refractivity contribution in [1.82, 2.24) is 0 Å². The molecule has 0 aromatic heterocycles. The van der Waals surface area contributed by atoms with Crippen LogP contribution >= 0.6 is 0 Å². The number of aliphatic hydroxyl groups is 1. The molecule has 74 valence electrons. The van der Waals surface area contributed by atoms with Crippen LogP contribution in [0.3, 0.4) is 0 Å². The van der Waals surface area contributed by atoms with Crippen LogP contribution in [0.5, 0.6) is 0 Å². The van der Waals surface area contributed by atoms with Gasteiger partial charge in [0.05, 0.1) is 25.4 Å². The van der Waals surface area contributed by atoms with Crippen LogP contribution in [0.25, 0.3) is 0 Å². The minimum atomic E-state index is -0.713. The highest BCUT2D eigenvalue weighted by Crippen LogP contribution is 2.21. The average molecular weight is 177 g/mol. The number of nitrogens with two attached hydrogens (primary N) is 1. The standard InChI is InChI=1S/C7H15NO3.CH4/c1-6(2)10-4-7(8,3-9)5-11-6;/h9H,3-5,8H2,1-2H3;1H4. The molecule has 1 fully saturated rings. The highest BCUT2D eigenvalue weighted by Gasteiger charge is 2.36. The van der Waals surface area contributed by atoms with Crippen molar-refractivity contribution in [2.75, 3.05) is 19.8 Å². The molecule has 4 nitrogen and oxygen atoms in total. The van der Waals surface area contributed by atoms with Gasteiger partial charge in [-0.2, -0.15) is 0 Å². The monoisotopic (exact) mass is 177 g/mol. The molecule has 0 amide bonds. The summed E-state index contributed by atoms with van der Waals surface area (Å²) in [7, 11) is 0. The second-order valence-corrected chi connectivity index (χ2v) is 3.50. The molecule has 0 aromatic carbocycles. The molecule has 0 unspecified atom stereocenters. The van der Waals surface area contributed by atoms with Crippen molar-refractivity contribution in [3.05, 3.63) is 0 Å². The van der Waals surface area contributed by atoms with Gasteiger partial charge in [-0.15, -0.1) is 0 Å². The van der Waals surface area contributed by atoms with Crippen molar-refractivity contribution in [2.45, 2.75) is 32.6 Å². The highest BCUT2D eigenvalue weighted by molar-refractivity contribution is 4.87. The number of hydrogen-bond donors (Lipinski definition) is 2. The van der Waals surface area contributed by atoms with Gasteiger partial charge in [-0.3, -0.25) is 0 Å². The predicted molar refractivity (Wildman–Crippen MR) is 46.7 cm³/mol. The molecule has 1 rings (SSSR count). The van der Waals surface area contributed by atoms with E-state index in [0.29, 0.717) is 13.2 Å². The first-order valence-corrected chi connectivity index (χ1v) is 3.65. The zero-order chi connectivity index (χ0) is 8.54. The molecule has 4 heteroatoms. The van der Waals surface area contributed by atoms with E-state index >= 15 is 0 Å². The summed E-state index contributed by atoms with van der Waals surface area (Å²) in [6, 6.07) is 0. The van der Waals surface area contributed by atoms with Gasteiger partial charge < -0.3 is 20.3 Å². The Balaban J connectivity index is 0.00000121. The van der Waals surface area contributed by atoms with E-state index in [1.165, 1.54) is 0 Å². The van der Waals surface area contributed by atoms with E-state index in [1.54, 1.807) is 0 Å². The fraction of sp³-hybridized carbons (Fsp3) is 1.00. The summed E-state index contributed by atoms with van der Waals surface area (Å²) in [5.74, 6) is -0.557. The van der Waals surface area contributed by atoms with Gasteiger partial charge in [0.2, 0.25) is 0 Å². The van der Waals surface area contributed by atoms with E-state index in [0.717, 1.165) is 0 Å². The van der Waals surface area contributed by atoms with Gasteiger partial charge in [-0.1, -0.05) is 7.43 Å². The van der Waals surface area contributed by atoms with Crippen LogP contribution in [0.2, 0.25) is 0 Å². The average Bonchev–Trinajstić information content (AvgIpc) is 1.97. The van der Waals surface area contributed by atoms with Crippen LogP contribution in [0.1, 0.15) is 21.3 Å². The quantitative estimate of drug-likeness (QED) is 0.596. The van der Waals surface area contributed by atoms with Crippen LogP contribution in [-0.4, -0.2) is 36.3 Å².